The molecule has 1 aromatic rings. The number of ether oxygens (including phenoxy) is 2. The fourth-order valence-corrected chi connectivity index (χ4v) is 1.85. The van der Waals surface area contributed by atoms with Gasteiger partial charge in [-0.15, -0.1) is 5.48 Å². The Hall–Kier alpha value is -2.01. The Morgan fingerprint density at radius 1 is 1.33 bits per heavy atom. The molecule has 96 valence electrons. The van der Waals surface area contributed by atoms with Crippen molar-refractivity contribution in [1.29, 1.82) is 0 Å². The fraction of sp³-hybridized carbons (Fsp3) is 0.308. The van der Waals surface area contributed by atoms with Gasteiger partial charge in [-0.3, -0.25) is 0 Å². The molecule has 1 unspecified atom stereocenters. The first-order chi connectivity index (χ1) is 8.70. The number of hydroxylamine groups is 1. The number of carbonyl (C=O) groups is 1. The lowest BCUT2D eigenvalue weighted by Gasteiger charge is -2.23. The molecule has 1 aromatic carbocycles. The second-order valence-corrected chi connectivity index (χ2v) is 4.01. The zero-order chi connectivity index (χ0) is 13.0. The SMILES string of the molecule is COC(=O)C1(Cc2ccc(OC)cc2)C=CON1. The molecule has 0 amide bonds. The Kier molecular flexibility index (Phi) is 3.53. The maximum atomic E-state index is 11.8. The zero-order valence-electron chi connectivity index (χ0n) is 10.3. The second kappa shape index (κ2) is 5.10. The second-order valence-electron chi connectivity index (χ2n) is 4.01. The number of carbonyl (C=O) groups excluding carboxylic acids is 1. The van der Waals surface area contributed by atoms with Gasteiger partial charge in [0.25, 0.3) is 0 Å². The highest BCUT2D eigenvalue weighted by molar-refractivity contribution is 5.84. The van der Waals surface area contributed by atoms with Gasteiger partial charge in [-0.2, -0.15) is 0 Å². The van der Waals surface area contributed by atoms with E-state index in [1.165, 1.54) is 13.4 Å². The van der Waals surface area contributed by atoms with Gasteiger partial charge < -0.3 is 14.3 Å². The maximum Gasteiger partial charge on any atom is 0.333 e. The summed E-state index contributed by atoms with van der Waals surface area (Å²) >= 11 is 0. The van der Waals surface area contributed by atoms with Crippen molar-refractivity contribution in [2.75, 3.05) is 14.2 Å². The highest BCUT2D eigenvalue weighted by Gasteiger charge is 2.41. The van der Waals surface area contributed by atoms with Gasteiger partial charge in [-0.1, -0.05) is 12.1 Å². The molecule has 0 saturated carbocycles. The average molecular weight is 249 g/mol. The lowest BCUT2D eigenvalue weighted by atomic mass is 9.92. The van der Waals surface area contributed by atoms with Crippen LogP contribution in [0.1, 0.15) is 5.56 Å². The van der Waals surface area contributed by atoms with Crippen molar-refractivity contribution < 1.29 is 19.1 Å². The van der Waals surface area contributed by atoms with Crippen LogP contribution >= 0.6 is 0 Å². The van der Waals surface area contributed by atoms with E-state index in [0.29, 0.717) is 6.42 Å². The zero-order valence-corrected chi connectivity index (χ0v) is 10.3. The van der Waals surface area contributed by atoms with Crippen LogP contribution in [-0.4, -0.2) is 25.7 Å². The van der Waals surface area contributed by atoms with Gasteiger partial charge in [0, 0.05) is 6.42 Å². The molecule has 0 aromatic heterocycles. The number of rotatable bonds is 4. The Morgan fingerprint density at radius 2 is 2.06 bits per heavy atom. The molecule has 0 radical (unpaired) electrons. The van der Waals surface area contributed by atoms with Gasteiger partial charge in [0.1, 0.15) is 12.0 Å². The monoisotopic (exact) mass is 249 g/mol. The Labute approximate surface area is 105 Å². The molecule has 1 aliphatic rings. The number of hydrogen-bond donors (Lipinski definition) is 1. The van der Waals surface area contributed by atoms with Crippen LogP contribution in [0.5, 0.6) is 5.75 Å². The van der Waals surface area contributed by atoms with Crippen LogP contribution in [0, 0.1) is 0 Å². The van der Waals surface area contributed by atoms with Crippen LogP contribution < -0.4 is 10.2 Å². The molecule has 1 aliphatic heterocycles. The quantitative estimate of drug-likeness (QED) is 0.812. The van der Waals surface area contributed by atoms with Gasteiger partial charge in [0.15, 0.2) is 5.54 Å². The number of methoxy groups -OCH3 is 2. The molecular weight excluding hydrogens is 234 g/mol. The van der Waals surface area contributed by atoms with Gasteiger partial charge >= 0.3 is 5.97 Å². The maximum absolute atomic E-state index is 11.8. The average Bonchev–Trinajstić information content (AvgIpc) is 2.88. The standard InChI is InChI=1S/C13H15NO4/c1-16-11-5-3-10(4-6-11)9-13(12(15)17-2)7-8-18-14-13/h3-8,14H,9H2,1-2H3. The summed E-state index contributed by atoms with van der Waals surface area (Å²) in [4.78, 5) is 16.8. The molecule has 5 nitrogen and oxygen atoms in total. The van der Waals surface area contributed by atoms with Crippen LogP contribution in [0.4, 0.5) is 0 Å². The van der Waals surface area contributed by atoms with Gasteiger partial charge in [0.2, 0.25) is 0 Å². The molecule has 1 N–H and O–H groups in total. The van der Waals surface area contributed by atoms with E-state index in [1.807, 2.05) is 24.3 Å². The van der Waals surface area contributed by atoms with E-state index >= 15 is 0 Å². The number of benzene rings is 1. The smallest absolute Gasteiger partial charge is 0.333 e. The van der Waals surface area contributed by atoms with E-state index < -0.39 is 5.54 Å². The van der Waals surface area contributed by atoms with E-state index in [4.69, 9.17) is 14.3 Å². The predicted octanol–water partition coefficient (Wildman–Crippen LogP) is 1.20. The minimum atomic E-state index is -0.955. The highest BCUT2D eigenvalue weighted by atomic mass is 16.7. The van der Waals surface area contributed by atoms with E-state index in [1.54, 1.807) is 13.2 Å². The molecule has 0 aliphatic carbocycles. The fourth-order valence-electron chi connectivity index (χ4n) is 1.85. The van der Waals surface area contributed by atoms with Gasteiger partial charge in [-0.25, -0.2) is 4.79 Å². The van der Waals surface area contributed by atoms with Crippen LogP contribution in [-0.2, 0) is 20.8 Å². The first-order valence-corrected chi connectivity index (χ1v) is 5.52. The van der Waals surface area contributed by atoms with Crippen LogP contribution in [0.15, 0.2) is 36.6 Å². The molecule has 0 saturated heterocycles. The third kappa shape index (κ3) is 2.31. The summed E-state index contributed by atoms with van der Waals surface area (Å²) in [6.45, 7) is 0. The third-order valence-electron chi connectivity index (χ3n) is 2.85. The molecule has 2 rings (SSSR count). The Morgan fingerprint density at radius 3 is 2.56 bits per heavy atom. The minimum absolute atomic E-state index is 0.382. The van der Waals surface area contributed by atoms with Crippen molar-refractivity contribution in [3.8, 4) is 5.75 Å². The lowest BCUT2D eigenvalue weighted by molar-refractivity contribution is -0.149. The molecule has 0 fully saturated rings. The summed E-state index contributed by atoms with van der Waals surface area (Å²) in [5.74, 6) is 0.393. The van der Waals surface area contributed by atoms with Crippen molar-refractivity contribution in [1.82, 2.24) is 5.48 Å². The molecule has 0 bridgehead atoms. The van der Waals surface area contributed by atoms with Crippen molar-refractivity contribution in [2.45, 2.75) is 12.0 Å². The Balaban J connectivity index is 2.18. The van der Waals surface area contributed by atoms with Crippen molar-refractivity contribution in [3.05, 3.63) is 42.2 Å². The number of esters is 1. The molecule has 0 spiro atoms. The highest BCUT2D eigenvalue weighted by Crippen LogP contribution is 2.22. The molecule has 18 heavy (non-hydrogen) atoms. The van der Waals surface area contributed by atoms with E-state index in [-0.39, 0.29) is 5.97 Å². The van der Waals surface area contributed by atoms with Crippen LogP contribution in [0.2, 0.25) is 0 Å². The summed E-state index contributed by atoms with van der Waals surface area (Å²) < 4.78 is 9.88. The van der Waals surface area contributed by atoms with Crippen molar-refractivity contribution >= 4 is 5.97 Å². The first-order valence-electron chi connectivity index (χ1n) is 5.52. The van der Waals surface area contributed by atoms with Crippen molar-refractivity contribution in [2.24, 2.45) is 0 Å². The first kappa shape index (κ1) is 12.4. The lowest BCUT2D eigenvalue weighted by Crippen LogP contribution is -2.49. The summed E-state index contributed by atoms with van der Waals surface area (Å²) in [7, 11) is 2.96. The normalized spacial score (nSPS) is 21.4. The topological polar surface area (TPSA) is 56.8 Å². The van der Waals surface area contributed by atoms with Crippen LogP contribution in [0.25, 0.3) is 0 Å². The Bertz CT molecular complexity index is 455. The van der Waals surface area contributed by atoms with Gasteiger partial charge in [-0.05, 0) is 23.8 Å². The molecule has 1 atom stereocenters. The molecule has 1 heterocycles. The van der Waals surface area contributed by atoms with E-state index in [2.05, 4.69) is 5.48 Å². The van der Waals surface area contributed by atoms with E-state index in [0.717, 1.165) is 11.3 Å². The van der Waals surface area contributed by atoms with Gasteiger partial charge in [0.05, 0.1) is 14.2 Å². The summed E-state index contributed by atoms with van der Waals surface area (Å²) in [5.41, 5.74) is 2.70. The van der Waals surface area contributed by atoms with E-state index in [9.17, 15) is 4.79 Å². The molecule has 5 heteroatoms. The summed E-state index contributed by atoms with van der Waals surface area (Å²) in [5, 5.41) is 0. The minimum Gasteiger partial charge on any atom is -0.497 e. The number of hydrogen-bond acceptors (Lipinski definition) is 5. The largest absolute Gasteiger partial charge is 0.497 e. The third-order valence-corrected chi connectivity index (χ3v) is 2.85. The van der Waals surface area contributed by atoms with Crippen molar-refractivity contribution in [3.63, 3.8) is 0 Å². The van der Waals surface area contributed by atoms with Crippen LogP contribution in [0.3, 0.4) is 0 Å². The summed E-state index contributed by atoms with van der Waals surface area (Å²) in [6.07, 6.45) is 3.55. The number of nitrogens with one attached hydrogen (secondary N) is 1. The molecular formula is C13H15NO4. The predicted molar refractivity (Wildman–Crippen MR) is 64.8 cm³/mol. The summed E-state index contributed by atoms with van der Waals surface area (Å²) in [6, 6.07) is 7.49.